The van der Waals surface area contributed by atoms with E-state index in [2.05, 4.69) is 24.9 Å². The number of hydrogen-bond acceptors (Lipinski definition) is 17. The number of thioether (sulfide) groups is 2. The first-order valence-corrected chi connectivity index (χ1v) is 27.4. The number of allylic oxidation sites excluding steroid dienone is 1. The number of benzene rings is 3. The van der Waals surface area contributed by atoms with E-state index in [9.17, 15) is 34.0 Å². The minimum absolute atomic E-state index is 0.0346. The minimum Gasteiger partial charge on any atom is -0.494 e. The maximum absolute atomic E-state index is 13.2. The summed E-state index contributed by atoms with van der Waals surface area (Å²) in [6.45, 7) is 19.5. The van der Waals surface area contributed by atoms with E-state index in [1.165, 1.54) is 25.1 Å². The highest BCUT2D eigenvalue weighted by molar-refractivity contribution is 8.24. The van der Waals surface area contributed by atoms with Crippen molar-refractivity contribution in [3.8, 4) is 40.6 Å². The minimum atomic E-state index is -0.529. The van der Waals surface area contributed by atoms with Crippen molar-refractivity contribution in [3.63, 3.8) is 0 Å². The molecule has 0 radical (unpaired) electrons. The van der Waals surface area contributed by atoms with Gasteiger partial charge in [0.1, 0.15) is 34.5 Å². The first-order valence-electron chi connectivity index (χ1n) is 25.7. The molecule has 76 heavy (non-hydrogen) atoms. The number of nitrogens with zero attached hydrogens (tertiary/aromatic N) is 2. The van der Waals surface area contributed by atoms with Gasteiger partial charge in [-0.1, -0.05) is 43.6 Å². The highest BCUT2D eigenvalue weighted by Gasteiger charge is 2.35. The van der Waals surface area contributed by atoms with Crippen LogP contribution in [0, 0.1) is 41.6 Å². The van der Waals surface area contributed by atoms with Crippen molar-refractivity contribution in [3.05, 3.63) is 107 Å². The van der Waals surface area contributed by atoms with Gasteiger partial charge in [0, 0.05) is 19.1 Å². The zero-order valence-corrected chi connectivity index (χ0v) is 44.9. The lowest BCUT2D eigenvalue weighted by Crippen LogP contribution is -2.30. The Balaban J connectivity index is 0.000000323. The highest BCUT2D eigenvalue weighted by atomic mass is 32.2. The van der Waals surface area contributed by atoms with E-state index in [1.54, 1.807) is 36.4 Å². The summed E-state index contributed by atoms with van der Waals surface area (Å²) in [5.41, 5.74) is -0.105. The molecule has 1 aliphatic heterocycles. The van der Waals surface area contributed by atoms with Gasteiger partial charge in [-0.2, -0.15) is 0 Å². The summed E-state index contributed by atoms with van der Waals surface area (Å²) >= 11 is 2.24. The molecule has 6 rings (SSSR count). The van der Waals surface area contributed by atoms with Gasteiger partial charge in [0.15, 0.2) is 0 Å². The van der Waals surface area contributed by atoms with E-state index in [4.69, 9.17) is 44.5 Å². The molecular weight excluding hydrogens is 1010 g/mol. The van der Waals surface area contributed by atoms with Gasteiger partial charge in [-0.3, -0.25) is 19.2 Å². The van der Waals surface area contributed by atoms with Crippen LogP contribution in [0.4, 0.5) is 0 Å². The third-order valence-corrected chi connectivity index (χ3v) is 15.2. The Hall–Kier alpha value is -7.02. The van der Waals surface area contributed by atoms with Crippen LogP contribution in [0.5, 0.6) is 34.5 Å². The van der Waals surface area contributed by atoms with Crippen molar-refractivity contribution in [1.82, 2.24) is 0 Å². The summed E-state index contributed by atoms with van der Waals surface area (Å²) in [6.07, 6.45) is 15.5. The van der Waals surface area contributed by atoms with E-state index >= 15 is 0 Å². The van der Waals surface area contributed by atoms with Crippen LogP contribution < -0.4 is 28.4 Å². The molecule has 3 aromatic rings. The van der Waals surface area contributed by atoms with Gasteiger partial charge in [0.25, 0.3) is 5.70 Å². The third-order valence-electron chi connectivity index (χ3n) is 12.6. The average molecular weight is 1080 g/mol. The molecule has 0 bridgehead atoms. The monoisotopic (exact) mass is 1080 g/mol. The number of carbonyl (C=O) groups excluding carboxylic acids is 6. The molecule has 1 heterocycles. The van der Waals surface area contributed by atoms with Crippen molar-refractivity contribution in [1.29, 1.82) is 5.26 Å². The van der Waals surface area contributed by atoms with Gasteiger partial charge in [-0.15, -0.1) is 0 Å². The number of carbonyl (C=O) groups is 6. The summed E-state index contributed by atoms with van der Waals surface area (Å²) < 4.78 is 43.9. The summed E-state index contributed by atoms with van der Waals surface area (Å²) in [5, 5.41) is 9.33. The van der Waals surface area contributed by atoms with Gasteiger partial charge in [-0.05, 0) is 169 Å². The lowest BCUT2D eigenvalue weighted by molar-refractivity contribution is -0.145. The average Bonchev–Trinajstić information content (AvgIpc) is 3.89. The molecule has 2 aliphatic carbocycles. The second kappa shape index (κ2) is 32.4. The van der Waals surface area contributed by atoms with Gasteiger partial charge in [0.2, 0.25) is 0 Å². The second-order valence-electron chi connectivity index (χ2n) is 18.4. The molecule has 2 fully saturated rings. The Kier molecular flexibility index (Phi) is 25.5. The van der Waals surface area contributed by atoms with Crippen molar-refractivity contribution < 1.29 is 66.7 Å². The summed E-state index contributed by atoms with van der Waals surface area (Å²) in [6, 6.07) is 19.0. The van der Waals surface area contributed by atoms with Crippen LogP contribution in [0.15, 0.2) is 106 Å². The SMILES string of the molecule is C=CC(=O)OCCCCCCOc1ccc(OC(=O)C2CCC(C)CC2)cc1.[C-]#[N+]/C(C#N)=C1/Sc2c(OC(C)=O)ccc(OC(=O)C3CCC(C(=O)Oc4ccc(OCCCCCCOC(=O)C=C)cc4)CC3)c2S1. The molecule has 404 valence electrons. The van der Waals surface area contributed by atoms with E-state index in [0.717, 1.165) is 118 Å². The largest absolute Gasteiger partial charge is 0.494 e. The zero-order chi connectivity index (χ0) is 54.7. The smallest absolute Gasteiger partial charge is 0.330 e. The summed E-state index contributed by atoms with van der Waals surface area (Å²) in [4.78, 5) is 76.0. The predicted octanol–water partition coefficient (Wildman–Crippen LogP) is 12.5. The van der Waals surface area contributed by atoms with Crippen LogP contribution in [0.25, 0.3) is 4.85 Å². The van der Waals surface area contributed by atoms with Crippen molar-refractivity contribution in [2.24, 2.45) is 23.7 Å². The van der Waals surface area contributed by atoms with Crippen LogP contribution in [0.3, 0.4) is 0 Å². The molecule has 18 heteroatoms. The third kappa shape index (κ3) is 20.3. The van der Waals surface area contributed by atoms with Crippen LogP contribution in [-0.2, 0) is 38.2 Å². The van der Waals surface area contributed by atoms with E-state index in [0.29, 0.717) is 83.4 Å². The maximum Gasteiger partial charge on any atom is 0.330 e. The molecule has 0 unspecified atom stereocenters. The Labute approximate surface area is 453 Å². The summed E-state index contributed by atoms with van der Waals surface area (Å²) in [7, 11) is 0. The molecule has 0 N–H and O–H groups in total. The Morgan fingerprint density at radius 2 is 0.934 bits per heavy atom. The number of unbranched alkanes of at least 4 members (excludes halogenated alkanes) is 6. The summed E-state index contributed by atoms with van der Waals surface area (Å²) in [5.74, 6) is 0.691. The van der Waals surface area contributed by atoms with Gasteiger partial charge in [-0.25, -0.2) is 19.7 Å². The van der Waals surface area contributed by atoms with Crippen LogP contribution in [0.1, 0.15) is 117 Å². The number of ether oxygens (including phenoxy) is 8. The maximum atomic E-state index is 13.2. The fourth-order valence-electron chi connectivity index (χ4n) is 8.27. The fourth-order valence-corrected chi connectivity index (χ4v) is 10.7. The highest BCUT2D eigenvalue weighted by Crippen LogP contribution is 2.59. The first-order chi connectivity index (χ1) is 36.8. The number of esters is 6. The molecule has 0 spiro atoms. The van der Waals surface area contributed by atoms with E-state index in [1.807, 2.05) is 18.2 Å². The van der Waals surface area contributed by atoms with Gasteiger partial charge >= 0.3 is 35.8 Å². The molecule has 0 atom stereocenters. The number of hydrogen-bond donors (Lipinski definition) is 0. The zero-order valence-electron chi connectivity index (χ0n) is 43.2. The first kappa shape index (κ1) is 59.9. The molecule has 0 amide bonds. The normalized spacial score (nSPS) is 18.0. The second-order valence-corrected chi connectivity index (χ2v) is 20.7. The molecule has 0 aromatic heterocycles. The molecule has 3 aromatic carbocycles. The number of nitriles is 1. The van der Waals surface area contributed by atoms with Gasteiger partial charge < -0.3 is 37.9 Å². The molecule has 2 saturated carbocycles. The van der Waals surface area contributed by atoms with E-state index < -0.39 is 23.8 Å². The van der Waals surface area contributed by atoms with E-state index in [-0.39, 0.29) is 46.9 Å². The Morgan fingerprint density at radius 3 is 1.32 bits per heavy atom. The number of fused-ring (bicyclic) bond motifs is 1. The molecule has 0 saturated heterocycles. The van der Waals surface area contributed by atoms with Crippen LogP contribution in [0.2, 0.25) is 0 Å². The Bertz CT molecular complexity index is 2570. The van der Waals surface area contributed by atoms with Crippen LogP contribution >= 0.6 is 23.5 Å². The Morgan fingerprint density at radius 1 is 0.566 bits per heavy atom. The fraction of sp³-hybridized carbons (Fsp3) is 0.448. The van der Waals surface area contributed by atoms with Crippen molar-refractivity contribution >= 4 is 59.3 Å². The van der Waals surface area contributed by atoms with Crippen LogP contribution in [-0.4, -0.2) is 62.2 Å². The topological polar surface area (TPSA) is 204 Å². The predicted molar refractivity (Wildman–Crippen MR) is 285 cm³/mol. The lowest BCUT2D eigenvalue weighted by Gasteiger charge is -2.26. The van der Waals surface area contributed by atoms with Gasteiger partial charge in [0.05, 0.1) is 70.9 Å². The van der Waals surface area contributed by atoms with Crippen molar-refractivity contribution in [2.75, 3.05) is 26.4 Å². The quantitative estimate of drug-likeness (QED) is 0.0193. The van der Waals surface area contributed by atoms with Crippen molar-refractivity contribution in [2.45, 2.75) is 126 Å². The standard InChI is InChI=1S/C35H34N2O9S2.C23H32O5/c1-4-30(39)43-20-8-6-5-7-19-42-25-13-15-26(16-14-25)45-33(40)23-9-11-24(12-10-23)34(41)46-29-18-17-28(44-22(2)38)31-32(29)48-35(47-31)27(21-36)37-3;1-3-22(24)27-17-7-5-4-6-16-26-20-12-14-21(15-13-20)28-23(25)19-10-8-18(2)9-11-19/h4,13-18,23-24H,1,5-12,19-20H2,2H3;3,12-15,18-19H,1,4-11,16-17H2,2H3/b35-27-;. The molecule has 16 nitrogen and oxygen atoms in total. The number of rotatable bonds is 25. The lowest BCUT2D eigenvalue weighted by atomic mass is 9.82. The molecule has 3 aliphatic rings. The molecular formula is C58H66N2O14S2.